The van der Waals surface area contributed by atoms with Gasteiger partial charge >= 0.3 is 0 Å². The standard InChI is InChI=1S/C24H35NS.C5H8O.C2H6/c1-7-9-17(10-8-2)22-25-21(16-26-22)18-11-12-19-20(15-18)24(5,6)14-13-23(19,3)4;1-2-3-4-5-6;1-2/h11-12,15-17H,7-10,13-14H2,1-6H3;4H,2-3H2,1H3;1-2H3. The lowest BCUT2D eigenvalue weighted by Crippen LogP contribution is -2.33. The van der Waals surface area contributed by atoms with Crippen molar-refractivity contribution < 1.29 is 4.79 Å². The van der Waals surface area contributed by atoms with Crippen LogP contribution in [0.25, 0.3) is 11.3 Å². The molecule has 0 N–H and O–H groups in total. The molecule has 0 aliphatic heterocycles. The summed E-state index contributed by atoms with van der Waals surface area (Å²) in [5.41, 5.74) is 6.06. The monoisotopic (exact) mass is 483 g/mol. The lowest BCUT2D eigenvalue weighted by molar-refractivity contribution is 0.332. The fourth-order valence-corrected chi connectivity index (χ4v) is 5.65. The van der Waals surface area contributed by atoms with Gasteiger partial charge in [-0.15, -0.1) is 11.3 Å². The van der Waals surface area contributed by atoms with Crippen LogP contribution < -0.4 is 0 Å². The van der Waals surface area contributed by atoms with Crippen molar-refractivity contribution in [3.63, 3.8) is 0 Å². The van der Waals surface area contributed by atoms with Crippen molar-refractivity contribution in [1.82, 2.24) is 4.98 Å². The number of thiazole rings is 1. The first-order valence-corrected chi connectivity index (χ1v) is 14.4. The van der Waals surface area contributed by atoms with Crippen LogP contribution in [0.15, 0.2) is 29.7 Å². The van der Waals surface area contributed by atoms with Crippen LogP contribution in [-0.2, 0) is 15.6 Å². The number of nitrogens with zero attached hydrogens (tertiary/aromatic N) is 1. The van der Waals surface area contributed by atoms with E-state index in [9.17, 15) is 4.79 Å². The first kappa shape index (κ1) is 30.3. The molecule has 190 valence electrons. The fourth-order valence-electron chi connectivity index (χ4n) is 4.65. The van der Waals surface area contributed by atoms with E-state index in [1.807, 2.05) is 32.1 Å². The molecule has 2 aromatic rings. The fraction of sp³-hybridized carbons (Fsp3) is 0.645. The summed E-state index contributed by atoms with van der Waals surface area (Å²) in [5.74, 6) is 2.33. The number of carbonyl (C=O) groups excluding carboxylic acids is 1. The zero-order chi connectivity index (χ0) is 25.8. The Morgan fingerprint density at radius 2 is 1.56 bits per heavy atom. The minimum atomic E-state index is 0.257. The lowest BCUT2D eigenvalue weighted by Gasteiger charge is -2.42. The van der Waals surface area contributed by atoms with E-state index in [1.54, 1.807) is 5.94 Å². The molecule has 1 aliphatic rings. The molecule has 34 heavy (non-hydrogen) atoms. The van der Waals surface area contributed by atoms with Crippen molar-refractivity contribution >= 4 is 17.3 Å². The third kappa shape index (κ3) is 8.21. The van der Waals surface area contributed by atoms with Gasteiger partial charge in [-0.1, -0.05) is 93.7 Å². The maximum absolute atomic E-state index is 9.38. The third-order valence-electron chi connectivity index (χ3n) is 6.81. The van der Waals surface area contributed by atoms with Gasteiger partial charge in [0.25, 0.3) is 0 Å². The minimum absolute atomic E-state index is 0.257. The zero-order valence-corrected chi connectivity index (χ0v) is 24.2. The van der Waals surface area contributed by atoms with E-state index in [4.69, 9.17) is 4.98 Å². The summed E-state index contributed by atoms with van der Waals surface area (Å²) in [5, 5.41) is 3.61. The molecule has 0 bridgehead atoms. The SMILES string of the molecule is CC.CCCC(CCC)c1nc(-c2ccc3c(c2)C(C)(C)CCC3(C)C)cs1.CCCC=C=O. The van der Waals surface area contributed by atoms with Crippen LogP contribution in [0.4, 0.5) is 0 Å². The highest BCUT2D eigenvalue weighted by molar-refractivity contribution is 7.10. The average Bonchev–Trinajstić information content (AvgIpc) is 3.32. The molecular weight excluding hydrogens is 434 g/mol. The third-order valence-corrected chi connectivity index (χ3v) is 7.82. The number of aromatic nitrogens is 1. The maximum Gasteiger partial charge on any atom is 0.120 e. The Kier molecular flexibility index (Phi) is 13.1. The van der Waals surface area contributed by atoms with Crippen molar-refractivity contribution in [3.05, 3.63) is 45.8 Å². The maximum atomic E-state index is 9.38. The van der Waals surface area contributed by atoms with E-state index >= 15 is 0 Å². The van der Waals surface area contributed by atoms with Gasteiger partial charge in [-0.2, -0.15) is 0 Å². The van der Waals surface area contributed by atoms with Crippen LogP contribution in [0.3, 0.4) is 0 Å². The number of fused-ring (bicyclic) bond motifs is 1. The van der Waals surface area contributed by atoms with Gasteiger partial charge in [-0.3, -0.25) is 0 Å². The van der Waals surface area contributed by atoms with Crippen molar-refractivity contribution in [2.45, 2.75) is 130 Å². The highest BCUT2D eigenvalue weighted by Crippen LogP contribution is 2.47. The molecule has 0 atom stereocenters. The Morgan fingerprint density at radius 3 is 2.06 bits per heavy atom. The Hall–Kier alpha value is -1.70. The first-order valence-electron chi connectivity index (χ1n) is 13.5. The molecular formula is C31H49NOS. The van der Waals surface area contributed by atoms with Crippen LogP contribution in [0.1, 0.15) is 136 Å². The lowest BCUT2D eigenvalue weighted by atomic mass is 9.63. The summed E-state index contributed by atoms with van der Waals surface area (Å²) in [6.07, 6.45) is 10.9. The summed E-state index contributed by atoms with van der Waals surface area (Å²) >= 11 is 1.86. The topological polar surface area (TPSA) is 30.0 Å². The van der Waals surface area contributed by atoms with Gasteiger partial charge < -0.3 is 0 Å². The van der Waals surface area contributed by atoms with E-state index in [2.05, 4.69) is 65.1 Å². The van der Waals surface area contributed by atoms with Gasteiger partial charge in [-0.25, -0.2) is 9.78 Å². The van der Waals surface area contributed by atoms with Gasteiger partial charge in [0.1, 0.15) is 5.94 Å². The van der Waals surface area contributed by atoms with E-state index in [1.165, 1.54) is 72.0 Å². The molecule has 0 radical (unpaired) electrons. The van der Waals surface area contributed by atoms with Gasteiger partial charge in [0.15, 0.2) is 0 Å². The summed E-state index contributed by atoms with van der Waals surface area (Å²) in [4.78, 5) is 14.5. The number of allylic oxidation sites excluding steroid dienone is 1. The highest BCUT2D eigenvalue weighted by atomic mass is 32.1. The van der Waals surface area contributed by atoms with Crippen LogP contribution in [0.2, 0.25) is 0 Å². The molecule has 0 unspecified atom stereocenters. The molecule has 2 nitrogen and oxygen atoms in total. The largest absolute Gasteiger partial charge is 0.241 e. The summed E-state index contributed by atoms with van der Waals surface area (Å²) in [6, 6.07) is 7.11. The molecule has 1 aromatic heterocycles. The molecule has 0 fully saturated rings. The first-order chi connectivity index (χ1) is 16.2. The normalized spacial score (nSPS) is 15.2. The van der Waals surface area contributed by atoms with Gasteiger partial charge in [0.05, 0.1) is 10.7 Å². The Morgan fingerprint density at radius 1 is 0.971 bits per heavy atom. The average molecular weight is 484 g/mol. The molecule has 0 saturated heterocycles. The second kappa shape index (κ2) is 14.6. The van der Waals surface area contributed by atoms with Crippen molar-refractivity contribution in [2.75, 3.05) is 0 Å². The molecule has 1 aromatic carbocycles. The van der Waals surface area contributed by atoms with Crippen LogP contribution in [0.5, 0.6) is 0 Å². The smallest absolute Gasteiger partial charge is 0.120 e. The number of unbranched alkanes of at least 4 members (excludes halogenated alkanes) is 1. The number of benzene rings is 1. The Bertz CT molecular complexity index is 896. The van der Waals surface area contributed by atoms with Crippen LogP contribution in [0, 0.1) is 0 Å². The summed E-state index contributed by atoms with van der Waals surface area (Å²) in [6.45, 7) is 20.2. The predicted molar refractivity (Wildman–Crippen MR) is 152 cm³/mol. The minimum Gasteiger partial charge on any atom is -0.241 e. The quantitative estimate of drug-likeness (QED) is 0.350. The Balaban J connectivity index is 0.000000631. The molecule has 3 rings (SSSR count). The molecule has 0 spiro atoms. The van der Waals surface area contributed by atoms with Crippen LogP contribution >= 0.6 is 11.3 Å². The molecule has 3 heteroatoms. The zero-order valence-electron chi connectivity index (χ0n) is 23.4. The van der Waals surface area contributed by atoms with E-state index < -0.39 is 0 Å². The van der Waals surface area contributed by atoms with Gasteiger partial charge in [0.2, 0.25) is 0 Å². The van der Waals surface area contributed by atoms with Crippen molar-refractivity contribution in [3.8, 4) is 11.3 Å². The summed E-state index contributed by atoms with van der Waals surface area (Å²) < 4.78 is 0. The second-order valence-corrected chi connectivity index (χ2v) is 11.4. The molecule has 0 saturated carbocycles. The second-order valence-electron chi connectivity index (χ2n) is 10.5. The van der Waals surface area contributed by atoms with Crippen LogP contribution in [-0.4, -0.2) is 10.9 Å². The van der Waals surface area contributed by atoms with E-state index in [-0.39, 0.29) is 10.8 Å². The highest BCUT2D eigenvalue weighted by Gasteiger charge is 2.37. The van der Waals surface area contributed by atoms with Crippen molar-refractivity contribution in [2.24, 2.45) is 0 Å². The Labute approximate surface area is 214 Å². The number of rotatable bonds is 8. The van der Waals surface area contributed by atoms with Crippen molar-refractivity contribution in [1.29, 1.82) is 0 Å². The summed E-state index contributed by atoms with van der Waals surface area (Å²) in [7, 11) is 0. The molecule has 0 amide bonds. The predicted octanol–water partition coefficient (Wildman–Crippen LogP) is 10.0. The number of hydrogen-bond acceptors (Lipinski definition) is 3. The van der Waals surface area contributed by atoms with E-state index in [0.717, 1.165) is 12.8 Å². The molecule has 1 heterocycles. The van der Waals surface area contributed by atoms with E-state index in [0.29, 0.717) is 5.92 Å². The number of hydrogen-bond donors (Lipinski definition) is 0. The molecule has 1 aliphatic carbocycles. The van der Waals surface area contributed by atoms with Gasteiger partial charge in [-0.05, 0) is 66.2 Å². The van der Waals surface area contributed by atoms with Gasteiger partial charge in [0, 0.05) is 16.9 Å².